The summed E-state index contributed by atoms with van der Waals surface area (Å²) in [6.07, 6.45) is 1.65. The van der Waals surface area contributed by atoms with E-state index in [4.69, 9.17) is 28.9 Å². The largest absolute Gasteiger partial charge is 0.397 e. The Morgan fingerprint density at radius 1 is 1.12 bits per heavy atom. The number of benzene rings is 1. The number of nitrogens with two attached hydrogens (primary N) is 1. The molecule has 0 bridgehead atoms. The number of anilines is 1. The number of nitrogens with zero attached hydrogens (tertiary/aromatic N) is 1. The van der Waals surface area contributed by atoms with Gasteiger partial charge < -0.3 is 5.73 Å². The molecule has 0 saturated carbocycles. The summed E-state index contributed by atoms with van der Waals surface area (Å²) in [4.78, 5) is 4.21. The minimum Gasteiger partial charge on any atom is -0.397 e. The lowest BCUT2D eigenvalue weighted by Gasteiger charge is -2.03. The van der Waals surface area contributed by atoms with Crippen molar-refractivity contribution < 1.29 is 0 Å². The van der Waals surface area contributed by atoms with E-state index in [0.717, 1.165) is 16.3 Å². The first kappa shape index (κ1) is 12.6. The molecule has 2 rings (SSSR count). The highest BCUT2D eigenvalue weighted by molar-refractivity contribution is 7.98. The fourth-order valence-corrected chi connectivity index (χ4v) is 2.37. The van der Waals surface area contributed by atoms with Gasteiger partial charge in [-0.05, 0) is 29.8 Å². The lowest BCUT2D eigenvalue weighted by atomic mass is 10.2. The predicted molar refractivity (Wildman–Crippen MR) is 74.7 cm³/mol. The molecule has 1 aromatic heterocycles. The molecule has 5 heteroatoms. The summed E-state index contributed by atoms with van der Waals surface area (Å²) in [6.45, 7) is 0. The van der Waals surface area contributed by atoms with E-state index in [1.54, 1.807) is 24.0 Å². The molecule has 0 aliphatic heterocycles. The van der Waals surface area contributed by atoms with Crippen LogP contribution in [0.15, 0.2) is 41.6 Å². The van der Waals surface area contributed by atoms with Crippen LogP contribution in [0.2, 0.25) is 10.0 Å². The molecule has 0 spiro atoms. The van der Waals surface area contributed by atoms with E-state index < -0.39 is 0 Å². The van der Waals surface area contributed by atoms with Crippen LogP contribution < -0.4 is 5.73 Å². The standard InChI is InChI=1S/C12H10Cl2N2S/c13-10-3-1-8(5-11(10)14)7-17-12-4-2-9(15)6-16-12/h1-6H,7,15H2. The molecule has 2 N–H and O–H groups in total. The number of pyridine rings is 1. The maximum absolute atomic E-state index is 5.94. The van der Waals surface area contributed by atoms with Gasteiger partial charge in [0.15, 0.2) is 0 Å². The highest BCUT2D eigenvalue weighted by atomic mass is 35.5. The Morgan fingerprint density at radius 2 is 1.94 bits per heavy atom. The molecular formula is C12H10Cl2N2S. The van der Waals surface area contributed by atoms with Crippen molar-refractivity contribution in [2.75, 3.05) is 5.73 Å². The number of hydrogen-bond donors (Lipinski definition) is 1. The summed E-state index contributed by atoms with van der Waals surface area (Å²) in [6, 6.07) is 9.37. The number of thioether (sulfide) groups is 1. The Labute approximate surface area is 114 Å². The highest BCUT2D eigenvalue weighted by Crippen LogP contribution is 2.26. The SMILES string of the molecule is Nc1ccc(SCc2ccc(Cl)c(Cl)c2)nc1. The van der Waals surface area contributed by atoms with Gasteiger partial charge in [0.1, 0.15) is 0 Å². The number of rotatable bonds is 3. The third-order valence-corrected chi connectivity index (χ3v) is 3.88. The topological polar surface area (TPSA) is 38.9 Å². The Balaban J connectivity index is 2.02. The molecular weight excluding hydrogens is 275 g/mol. The average molecular weight is 285 g/mol. The second kappa shape index (κ2) is 5.63. The van der Waals surface area contributed by atoms with Crippen LogP contribution in [0.25, 0.3) is 0 Å². The summed E-state index contributed by atoms with van der Waals surface area (Å²) in [7, 11) is 0. The second-order valence-electron chi connectivity index (χ2n) is 3.47. The summed E-state index contributed by atoms with van der Waals surface area (Å²) in [5, 5.41) is 2.09. The van der Waals surface area contributed by atoms with Gasteiger partial charge in [-0.25, -0.2) is 4.98 Å². The third-order valence-electron chi connectivity index (χ3n) is 2.13. The Morgan fingerprint density at radius 3 is 2.59 bits per heavy atom. The molecule has 0 saturated heterocycles. The summed E-state index contributed by atoms with van der Waals surface area (Å²) in [5.74, 6) is 0.799. The number of halogens is 2. The molecule has 2 nitrogen and oxygen atoms in total. The molecule has 88 valence electrons. The summed E-state index contributed by atoms with van der Waals surface area (Å²) in [5.41, 5.74) is 7.35. The van der Waals surface area contributed by atoms with Gasteiger partial charge in [-0.3, -0.25) is 0 Å². The first-order valence-electron chi connectivity index (χ1n) is 4.93. The minimum absolute atomic E-state index is 0.575. The Kier molecular flexibility index (Phi) is 4.15. The fourth-order valence-electron chi connectivity index (χ4n) is 1.26. The van der Waals surface area contributed by atoms with Crippen LogP contribution in [0.5, 0.6) is 0 Å². The number of hydrogen-bond acceptors (Lipinski definition) is 3. The van der Waals surface area contributed by atoms with E-state index in [9.17, 15) is 0 Å². The quantitative estimate of drug-likeness (QED) is 0.856. The van der Waals surface area contributed by atoms with Crippen molar-refractivity contribution in [3.63, 3.8) is 0 Å². The van der Waals surface area contributed by atoms with Gasteiger partial charge in [-0.2, -0.15) is 0 Å². The average Bonchev–Trinajstić information content (AvgIpc) is 2.33. The van der Waals surface area contributed by atoms with Gasteiger partial charge in [0.2, 0.25) is 0 Å². The van der Waals surface area contributed by atoms with E-state index in [1.165, 1.54) is 0 Å². The molecule has 0 radical (unpaired) electrons. The van der Waals surface area contributed by atoms with Crippen molar-refractivity contribution in [2.45, 2.75) is 10.8 Å². The first-order valence-corrected chi connectivity index (χ1v) is 6.67. The van der Waals surface area contributed by atoms with Crippen molar-refractivity contribution in [2.24, 2.45) is 0 Å². The summed E-state index contributed by atoms with van der Waals surface area (Å²) >= 11 is 13.4. The van der Waals surface area contributed by atoms with E-state index in [0.29, 0.717) is 15.7 Å². The van der Waals surface area contributed by atoms with Crippen LogP contribution in [-0.4, -0.2) is 4.98 Å². The van der Waals surface area contributed by atoms with E-state index in [2.05, 4.69) is 4.98 Å². The molecule has 0 unspecified atom stereocenters. The van der Waals surface area contributed by atoms with Gasteiger partial charge in [0.05, 0.1) is 27.0 Å². The molecule has 0 aliphatic rings. The zero-order valence-corrected chi connectivity index (χ0v) is 11.2. The lowest BCUT2D eigenvalue weighted by molar-refractivity contribution is 1.13. The Bertz CT molecular complexity index is 514. The number of nitrogen functional groups attached to an aromatic ring is 1. The van der Waals surface area contributed by atoms with Crippen molar-refractivity contribution in [1.82, 2.24) is 4.98 Å². The van der Waals surface area contributed by atoms with Crippen LogP contribution >= 0.6 is 35.0 Å². The van der Waals surface area contributed by atoms with Gasteiger partial charge in [0.25, 0.3) is 0 Å². The monoisotopic (exact) mass is 284 g/mol. The summed E-state index contributed by atoms with van der Waals surface area (Å²) < 4.78 is 0. The fraction of sp³-hybridized carbons (Fsp3) is 0.0833. The molecule has 0 atom stereocenters. The van der Waals surface area contributed by atoms with E-state index >= 15 is 0 Å². The molecule has 0 fully saturated rings. The molecule has 1 aromatic carbocycles. The molecule has 17 heavy (non-hydrogen) atoms. The van der Waals surface area contributed by atoms with Gasteiger partial charge in [-0.15, -0.1) is 11.8 Å². The molecule has 1 heterocycles. The third kappa shape index (κ3) is 3.53. The maximum Gasteiger partial charge on any atom is 0.0964 e. The van der Waals surface area contributed by atoms with Crippen LogP contribution in [0.3, 0.4) is 0 Å². The van der Waals surface area contributed by atoms with Crippen molar-refractivity contribution in [3.8, 4) is 0 Å². The smallest absolute Gasteiger partial charge is 0.0964 e. The lowest BCUT2D eigenvalue weighted by Crippen LogP contribution is -1.87. The zero-order chi connectivity index (χ0) is 12.3. The van der Waals surface area contributed by atoms with Crippen molar-refractivity contribution in [3.05, 3.63) is 52.1 Å². The normalized spacial score (nSPS) is 10.5. The van der Waals surface area contributed by atoms with Crippen molar-refractivity contribution >= 4 is 40.7 Å². The highest BCUT2D eigenvalue weighted by Gasteiger charge is 2.01. The molecule has 2 aromatic rings. The molecule has 0 aliphatic carbocycles. The Hall–Kier alpha value is -0.900. The predicted octanol–water partition coefficient (Wildman–Crippen LogP) is 4.26. The number of aromatic nitrogens is 1. The maximum atomic E-state index is 5.94. The van der Waals surface area contributed by atoms with Gasteiger partial charge >= 0.3 is 0 Å². The van der Waals surface area contributed by atoms with Crippen LogP contribution in [-0.2, 0) is 5.75 Å². The van der Waals surface area contributed by atoms with Gasteiger partial charge in [-0.1, -0.05) is 29.3 Å². The second-order valence-corrected chi connectivity index (χ2v) is 5.28. The van der Waals surface area contributed by atoms with Crippen molar-refractivity contribution in [1.29, 1.82) is 0 Å². The van der Waals surface area contributed by atoms with E-state index in [-0.39, 0.29) is 0 Å². The van der Waals surface area contributed by atoms with E-state index in [1.807, 2.05) is 24.3 Å². The zero-order valence-electron chi connectivity index (χ0n) is 8.86. The first-order chi connectivity index (χ1) is 8.15. The van der Waals surface area contributed by atoms with Gasteiger partial charge in [0, 0.05) is 5.75 Å². The van der Waals surface area contributed by atoms with Crippen LogP contribution in [0.4, 0.5) is 5.69 Å². The minimum atomic E-state index is 0.575. The van der Waals surface area contributed by atoms with Crippen LogP contribution in [0, 0.1) is 0 Å². The van der Waals surface area contributed by atoms with Crippen LogP contribution in [0.1, 0.15) is 5.56 Å². The molecule has 0 amide bonds.